The zero-order valence-electron chi connectivity index (χ0n) is 23.0. The second-order valence-electron chi connectivity index (χ2n) is 10.6. The summed E-state index contributed by atoms with van der Waals surface area (Å²) in [7, 11) is 0. The number of rotatable bonds is 11. The van der Waals surface area contributed by atoms with E-state index in [-0.39, 0.29) is 18.6 Å². The summed E-state index contributed by atoms with van der Waals surface area (Å²) >= 11 is 1.56. The third-order valence-corrected chi connectivity index (χ3v) is 7.95. The zero-order valence-corrected chi connectivity index (χ0v) is 23.8. The lowest BCUT2D eigenvalue weighted by Crippen LogP contribution is -2.27. The van der Waals surface area contributed by atoms with Crippen molar-refractivity contribution in [3.8, 4) is 17.0 Å². The van der Waals surface area contributed by atoms with Gasteiger partial charge in [0.2, 0.25) is 0 Å². The molecule has 0 atom stereocenters. The van der Waals surface area contributed by atoms with Crippen LogP contribution < -0.4 is 15.5 Å². The van der Waals surface area contributed by atoms with Gasteiger partial charge in [0.1, 0.15) is 24.5 Å². The van der Waals surface area contributed by atoms with E-state index >= 15 is 4.39 Å². The standard InChI is InChI=1S/C30H34FN7OS/c1-20(2)39-28-27(22-16-36-37-17-22)35-19-38(32-4)29(28)34-18-33-26-10-9-24(14-25(26)31)40-23-8-5-7-21(13-23)15-30(3)11-6-12-30/h5,7-10,13-14,16-17,19-20,33H,4,6,11-12,15,18H2,1-3H3,(H,36,37)/b34-29-. The van der Waals surface area contributed by atoms with Gasteiger partial charge in [-0.05, 0) is 74.4 Å². The van der Waals surface area contributed by atoms with Crippen LogP contribution in [-0.4, -0.2) is 39.3 Å². The Balaban J connectivity index is 1.32. The normalized spacial score (nSPS) is 14.7. The number of aromatic nitrogens is 4. The summed E-state index contributed by atoms with van der Waals surface area (Å²) in [5.41, 5.74) is 3.84. The van der Waals surface area contributed by atoms with Crippen molar-refractivity contribution < 1.29 is 9.13 Å². The lowest BCUT2D eigenvalue weighted by Gasteiger charge is -2.38. The maximum Gasteiger partial charge on any atom is 0.197 e. The number of nitrogens with one attached hydrogen (secondary N) is 2. The van der Waals surface area contributed by atoms with Crippen molar-refractivity contribution in [2.75, 3.05) is 12.0 Å². The predicted molar refractivity (Wildman–Crippen MR) is 157 cm³/mol. The molecule has 10 heteroatoms. The van der Waals surface area contributed by atoms with Gasteiger partial charge in [-0.25, -0.2) is 19.0 Å². The van der Waals surface area contributed by atoms with Gasteiger partial charge >= 0.3 is 0 Å². The molecule has 0 amide bonds. The molecule has 0 unspecified atom stereocenters. The van der Waals surface area contributed by atoms with E-state index < -0.39 is 0 Å². The summed E-state index contributed by atoms with van der Waals surface area (Å²) in [4.78, 5) is 11.0. The fourth-order valence-corrected chi connectivity index (χ4v) is 5.75. The largest absolute Gasteiger partial charge is 0.485 e. The van der Waals surface area contributed by atoms with Crippen LogP contribution >= 0.6 is 11.8 Å². The van der Waals surface area contributed by atoms with Crippen LogP contribution in [0.3, 0.4) is 0 Å². The number of halogens is 1. The second-order valence-corrected chi connectivity index (χ2v) is 11.8. The van der Waals surface area contributed by atoms with Crippen molar-refractivity contribution in [3.63, 3.8) is 0 Å². The molecule has 2 N–H and O–H groups in total. The number of ether oxygens (including phenoxy) is 1. The summed E-state index contributed by atoms with van der Waals surface area (Å²) in [5, 5.41) is 13.9. The molecule has 1 aliphatic rings. The van der Waals surface area contributed by atoms with Crippen LogP contribution in [0, 0.1) is 11.2 Å². The van der Waals surface area contributed by atoms with Crippen LogP contribution in [0.1, 0.15) is 45.6 Å². The molecule has 1 fully saturated rings. The average molecular weight is 560 g/mol. The lowest BCUT2D eigenvalue weighted by atomic mass is 9.67. The minimum Gasteiger partial charge on any atom is -0.485 e. The predicted octanol–water partition coefficient (Wildman–Crippen LogP) is 6.52. The van der Waals surface area contributed by atoms with Gasteiger partial charge < -0.3 is 10.1 Å². The third kappa shape index (κ3) is 6.44. The molecule has 0 bridgehead atoms. The molecule has 2 aromatic carbocycles. The van der Waals surface area contributed by atoms with Crippen LogP contribution in [0.25, 0.3) is 11.3 Å². The smallest absolute Gasteiger partial charge is 0.197 e. The van der Waals surface area contributed by atoms with Gasteiger partial charge in [0.15, 0.2) is 11.2 Å². The summed E-state index contributed by atoms with van der Waals surface area (Å²) in [5.74, 6) is 0.0920. The topological polar surface area (TPSA) is 92.5 Å². The van der Waals surface area contributed by atoms with Gasteiger partial charge in [-0.15, -0.1) is 0 Å². The summed E-state index contributed by atoms with van der Waals surface area (Å²) in [6.45, 7) is 9.90. The van der Waals surface area contributed by atoms with Gasteiger partial charge in [0, 0.05) is 28.3 Å². The highest BCUT2D eigenvalue weighted by molar-refractivity contribution is 7.99. The molecule has 0 spiro atoms. The highest BCUT2D eigenvalue weighted by Crippen LogP contribution is 2.43. The molecular formula is C30H34FN7OS. The molecule has 2 heterocycles. The first-order valence-electron chi connectivity index (χ1n) is 13.4. The van der Waals surface area contributed by atoms with Crippen LogP contribution in [0.2, 0.25) is 0 Å². The maximum atomic E-state index is 15.1. The van der Waals surface area contributed by atoms with E-state index in [1.807, 2.05) is 19.9 Å². The first-order chi connectivity index (χ1) is 19.3. The molecule has 208 valence electrons. The van der Waals surface area contributed by atoms with Crippen LogP contribution in [0.15, 0.2) is 81.1 Å². The Morgan fingerprint density at radius 2 is 2.05 bits per heavy atom. The number of nitrogens with zero attached hydrogens (tertiary/aromatic N) is 5. The minimum absolute atomic E-state index is 0.0863. The van der Waals surface area contributed by atoms with Crippen LogP contribution in [0.4, 0.5) is 10.1 Å². The number of aromatic amines is 1. The van der Waals surface area contributed by atoms with Crippen molar-refractivity contribution >= 4 is 24.2 Å². The highest BCUT2D eigenvalue weighted by Gasteiger charge is 2.31. The fourth-order valence-electron chi connectivity index (χ4n) is 4.82. The number of hydrogen-bond donors (Lipinski definition) is 2. The van der Waals surface area contributed by atoms with Gasteiger partial charge in [-0.1, -0.05) is 37.2 Å². The van der Waals surface area contributed by atoms with E-state index in [1.165, 1.54) is 35.8 Å². The third-order valence-electron chi connectivity index (χ3n) is 6.97. The molecule has 5 rings (SSSR count). The van der Waals surface area contributed by atoms with Crippen molar-refractivity contribution in [1.82, 2.24) is 19.9 Å². The Kier molecular flexibility index (Phi) is 8.35. The van der Waals surface area contributed by atoms with E-state index in [2.05, 4.69) is 68.5 Å². The Labute approximate surface area is 237 Å². The summed E-state index contributed by atoms with van der Waals surface area (Å²) in [6.07, 6.45) is 9.75. The fraction of sp³-hybridized carbons (Fsp3) is 0.333. The van der Waals surface area contributed by atoms with Crippen molar-refractivity contribution in [1.29, 1.82) is 0 Å². The molecule has 1 saturated carbocycles. The second kappa shape index (κ2) is 12.1. The molecule has 8 nitrogen and oxygen atoms in total. The Hall–Kier alpha value is -3.92. The average Bonchev–Trinajstić information content (AvgIpc) is 3.44. The zero-order chi connectivity index (χ0) is 28.1. The van der Waals surface area contributed by atoms with Gasteiger partial charge in [-0.2, -0.15) is 10.2 Å². The number of benzene rings is 2. The van der Waals surface area contributed by atoms with Crippen molar-refractivity contribution in [2.45, 2.75) is 62.3 Å². The summed E-state index contributed by atoms with van der Waals surface area (Å²) in [6, 6.07) is 13.8. The van der Waals surface area contributed by atoms with E-state index in [4.69, 9.17) is 4.74 Å². The van der Waals surface area contributed by atoms with E-state index in [0.29, 0.717) is 28.0 Å². The summed E-state index contributed by atoms with van der Waals surface area (Å²) < 4.78 is 22.6. The first kappa shape index (κ1) is 27.6. The van der Waals surface area contributed by atoms with E-state index in [9.17, 15) is 0 Å². The molecule has 2 aromatic heterocycles. The molecule has 1 aliphatic carbocycles. The van der Waals surface area contributed by atoms with Crippen molar-refractivity contribution in [2.24, 2.45) is 15.5 Å². The number of H-pyrrole nitrogens is 1. The van der Waals surface area contributed by atoms with E-state index in [1.54, 1.807) is 36.3 Å². The van der Waals surface area contributed by atoms with Crippen LogP contribution in [0.5, 0.6) is 5.75 Å². The lowest BCUT2D eigenvalue weighted by molar-refractivity contribution is 0.161. The minimum atomic E-state index is -0.347. The Morgan fingerprint density at radius 3 is 2.73 bits per heavy atom. The molecule has 0 saturated heterocycles. The monoisotopic (exact) mass is 559 g/mol. The quantitative estimate of drug-likeness (QED) is 0.204. The van der Waals surface area contributed by atoms with Gasteiger partial charge in [-0.3, -0.25) is 5.10 Å². The molecule has 0 radical (unpaired) electrons. The number of hydrogen-bond acceptors (Lipinski definition) is 7. The SMILES string of the molecule is C=Nn1cnc(-c2cn[nH]c2)c(OC(C)C)/c1=N/CNc1ccc(Sc2cccc(CC3(C)CCC3)c2)cc1F. The highest BCUT2D eigenvalue weighted by atomic mass is 32.2. The Morgan fingerprint density at radius 1 is 1.23 bits per heavy atom. The molecule has 0 aliphatic heterocycles. The Bertz CT molecular complexity index is 1540. The van der Waals surface area contributed by atoms with E-state index in [0.717, 1.165) is 21.8 Å². The van der Waals surface area contributed by atoms with Gasteiger partial charge in [0.05, 0.1) is 18.0 Å². The van der Waals surface area contributed by atoms with Crippen molar-refractivity contribution in [3.05, 3.63) is 78.1 Å². The first-order valence-corrected chi connectivity index (χ1v) is 14.2. The van der Waals surface area contributed by atoms with Gasteiger partial charge in [0.25, 0.3) is 0 Å². The number of anilines is 1. The molecular weight excluding hydrogens is 525 g/mol. The van der Waals surface area contributed by atoms with Crippen LogP contribution in [-0.2, 0) is 6.42 Å². The molecule has 4 aromatic rings. The molecule has 40 heavy (non-hydrogen) atoms. The maximum absolute atomic E-state index is 15.1.